The van der Waals surface area contributed by atoms with Crippen LogP contribution in [0.15, 0.2) is 110 Å². The summed E-state index contributed by atoms with van der Waals surface area (Å²) in [6.45, 7) is -0.705. The van der Waals surface area contributed by atoms with Gasteiger partial charge in [0.25, 0.3) is 5.91 Å². The Balaban J connectivity index is 1.19. The van der Waals surface area contributed by atoms with Crippen molar-refractivity contribution in [1.82, 2.24) is 14.5 Å². The van der Waals surface area contributed by atoms with Gasteiger partial charge in [-0.2, -0.15) is 13.2 Å². The molecule has 0 unspecified atom stereocenters. The van der Waals surface area contributed by atoms with Crippen LogP contribution >= 0.6 is 0 Å². The number of aliphatic carboxylic acids is 1. The van der Waals surface area contributed by atoms with Gasteiger partial charge in [-0.1, -0.05) is 18.2 Å². The molecule has 50 heavy (non-hydrogen) atoms. The molecule has 0 aliphatic heterocycles. The number of aromatic nitrogens is 2. The first kappa shape index (κ1) is 34.9. The van der Waals surface area contributed by atoms with E-state index in [1.807, 2.05) is 0 Å². The average molecular weight is 687 g/mol. The van der Waals surface area contributed by atoms with E-state index in [0.29, 0.717) is 11.1 Å². The molecular weight excluding hydrogens is 657 g/mol. The number of nitrogens with zero attached hydrogens (tertiary/aromatic N) is 3. The number of esters is 1. The Morgan fingerprint density at radius 3 is 2.14 bits per heavy atom. The van der Waals surface area contributed by atoms with Crippen molar-refractivity contribution in [1.29, 1.82) is 0 Å². The smallest absolute Gasteiger partial charge is 0.416 e. The van der Waals surface area contributed by atoms with Gasteiger partial charge in [-0.25, -0.2) is 9.78 Å². The first-order chi connectivity index (χ1) is 23.9. The van der Waals surface area contributed by atoms with Crippen LogP contribution in [0.3, 0.4) is 0 Å². The Labute approximate surface area is 283 Å². The van der Waals surface area contributed by atoms with Gasteiger partial charge < -0.3 is 29.4 Å². The molecule has 11 nitrogen and oxygen atoms in total. The molecule has 0 bridgehead atoms. The van der Waals surface area contributed by atoms with Crippen molar-refractivity contribution in [2.75, 3.05) is 19.0 Å². The number of hydrogen-bond acceptors (Lipinski definition) is 7. The van der Waals surface area contributed by atoms with E-state index in [1.165, 1.54) is 55.6 Å². The molecule has 256 valence electrons. The Morgan fingerprint density at radius 2 is 1.54 bits per heavy atom. The van der Waals surface area contributed by atoms with E-state index in [0.717, 1.165) is 16.7 Å². The standard InChI is InChI=1S/C36H29F3N4O7/c1-49-30-15-8-26(31(19-30)36(37,38)39)18-32(44)41-27-9-4-24(5-10-27)34(47)43(21-33(45)46)20-23-2-13-29(14-3-23)50-35(48)25-6-11-28(12-7-25)42-17-16-40-22-42/h2-17,19,22H,18,20-21H2,1H3,(H,41,44)(H,45,46). The van der Waals surface area contributed by atoms with Crippen molar-refractivity contribution in [2.24, 2.45) is 0 Å². The summed E-state index contributed by atoms with van der Waals surface area (Å²) in [6, 6.07) is 21.8. The fourth-order valence-corrected chi connectivity index (χ4v) is 4.95. The third kappa shape index (κ3) is 8.92. The molecule has 0 radical (unpaired) electrons. The molecule has 0 atom stereocenters. The van der Waals surface area contributed by atoms with Crippen LogP contribution in [0.5, 0.6) is 11.5 Å². The molecule has 4 aromatic carbocycles. The van der Waals surface area contributed by atoms with Crippen LogP contribution in [0.1, 0.15) is 37.4 Å². The second kappa shape index (κ2) is 15.2. The van der Waals surface area contributed by atoms with Crippen molar-refractivity contribution in [3.8, 4) is 17.2 Å². The first-order valence-corrected chi connectivity index (χ1v) is 14.9. The summed E-state index contributed by atoms with van der Waals surface area (Å²) in [6.07, 6.45) is -0.220. The minimum Gasteiger partial charge on any atom is -0.497 e. The van der Waals surface area contributed by atoms with Gasteiger partial charge in [0.15, 0.2) is 0 Å². The summed E-state index contributed by atoms with van der Waals surface area (Å²) in [4.78, 5) is 55.2. The number of carbonyl (C=O) groups excluding carboxylic acids is 3. The zero-order chi connectivity index (χ0) is 35.8. The maximum atomic E-state index is 13.5. The fraction of sp³-hybridized carbons (Fsp3) is 0.139. The highest BCUT2D eigenvalue weighted by atomic mass is 19.4. The van der Waals surface area contributed by atoms with Gasteiger partial charge in [-0.3, -0.25) is 14.4 Å². The quantitative estimate of drug-likeness (QED) is 0.120. The monoisotopic (exact) mass is 686 g/mol. The number of benzene rings is 4. The summed E-state index contributed by atoms with van der Waals surface area (Å²) in [5.74, 6) is -2.92. The third-order valence-electron chi connectivity index (χ3n) is 7.42. The molecule has 1 aromatic heterocycles. The molecule has 14 heteroatoms. The van der Waals surface area contributed by atoms with Crippen molar-refractivity contribution in [2.45, 2.75) is 19.1 Å². The van der Waals surface area contributed by atoms with E-state index in [-0.39, 0.29) is 34.9 Å². The van der Waals surface area contributed by atoms with Crippen LogP contribution in [-0.4, -0.2) is 57.0 Å². The molecule has 0 spiro atoms. The second-order valence-electron chi connectivity index (χ2n) is 10.9. The van der Waals surface area contributed by atoms with Crippen LogP contribution in [0, 0.1) is 0 Å². The van der Waals surface area contributed by atoms with E-state index in [1.54, 1.807) is 59.7 Å². The van der Waals surface area contributed by atoms with Gasteiger partial charge >= 0.3 is 18.1 Å². The number of ether oxygens (including phenoxy) is 2. The normalized spacial score (nSPS) is 11.0. The number of hydrogen-bond donors (Lipinski definition) is 2. The number of amides is 2. The summed E-state index contributed by atoms with van der Waals surface area (Å²) < 4.78 is 52.7. The zero-order valence-corrected chi connectivity index (χ0v) is 26.4. The SMILES string of the molecule is COc1ccc(CC(=O)Nc2ccc(C(=O)N(CC(=O)O)Cc3ccc(OC(=O)c4ccc(-n5ccnc5)cc4)cc3)cc2)c(C(F)(F)F)c1. The van der Waals surface area contributed by atoms with E-state index >= 15 is 0 Å². The Kier molecular flexibility index (Phi) is 10.6. The van der Waals surface area contributed by atoms with E-state index in [4.69, 9.17) is 9.47 Å². The van der Waals surface area contributed by atoms with E-state index in [2.05, 4.69) is 10.3 Å². The van der Waals surface area contributed by atoms with E-state index < -0.39 is 48.5 Å². The van der Waals surface area contributed by atoms with Crippen molar-refractivity contribution in [3.05, 3.63) is 138 Å². The predicted molar refractivity (Wildman–Crippen MR) is 174 cm³/mol. The van der Waals surface area contributed by atoms with Gasteiger partial charge in [-0.15, -0.1) is 0 Å². The van der Waals surface area contributed by atoms with Gasteiger partial charge in [-0.05, 0) is 83.9 Å². The zero-order valence-electron chi connectivity index (χ0n) is 26.4. The predicted octanol–water partition coefficient (Wildman–Crippen LogP) is 6.03. The lowest BCUT2D eigenvalue weighted by Crippen LogP contribution is -2.35. The maximum absolute atomic E-state index is 13.5. The van der Waals surface area contributed by atoms with E-state index in [9.17, 15) is 37.5 Å². The van der Waals surface area contributed by atoms with Crippen LogP contribution in [-0.2, 0) is 28.7 Å². The van der Waals surface area contributed by atoms with Crippen LogP contribution in [0.2, 0.25) is 0 Å². The highest BCUT2D eigenvalue weighted by molar-refractivity contribution is 5.97. The molecule has 5 aromatic rings. The molecule has 0 saturated carbocycles. The van der Waals surface area contributed by atoms with Gasteiger partial charge in [0.1, 0.15) is 18.0 Å². The number of nitrogens with one attached hydrogen (secondary N) is 1. The molecule has 0 aliphatic rings. The molecule has 2 N–H and O–H groups in total. The molecular formula is C36H29F3N4O7. The lowest BCUT2D eigenvalue weighted by Gasteiger charge is -2.21. The third-order valence-corrected chi connectivity index (χ3v) is 7.42. The number of carbonyl (C=O) groups is 4. The number of halogens is 3. The number of imidazole rings is 1. The van der Waals surface area contributed by atoms with Gasteiger partial charge in [0.05, 0.1) is 31.0 Å². The van der Waals surface area contributed by atoms with Crippen molar-refractivity contribution < 1.29 is 46.9 Å². The highest BCUT2D eigenvalue weighted by Crippen LogP contribution is 2.35. The Bertz CT molecular complexity index is 1980. The van der Waals surface area contributed by atoms with Gasteiger partial charge in [0, 0.05) is 35.9 Å². The lowest BCUT2D eigenvalue weighted by atomic mass is 10.0. The van der Waals surface area contributed by atoms with Crippen LogP contribution in [0.4, 0.5) is 18.9 Å². The summed E-state index contributed by atoms with van der Waals surface area (Å²) in [5, 5.41) is 12.0. The summed E-state index contributed by atoms with van der Waals surface area (Å²) >= 11 is 0. The van der Waals surface area contributed by atoms with Crippen LogP contribution in [0.25, 0.3) is 5.69 Å². The van der Waals surface area contributed by atoms with Crippen molar-refractivity contribution in [3.63, 3.8) is 0 Å². The molecule has 2 amide bonds. The largest absolute Gasteiger partial charge is 0.497 e. The summed E-state index contributed by atoms with van der Waals surface area (Å²) in [7, 11) is 1.24. The topological polar surface area (TPSA) is 140 Å². The Hall–Kier alpha value is -6.44. The molecule has 1 heterocycles. The fourth-order valence-electron chi connectivity index (χ4n) is 4.95. The minimum absolute atomic E-state index is 0.00144. The highest BCUT2D eigenvalue weighted by Gasteiger charge is 2.34. The average Bonchev–Trinajstić information content (AvgIpc) is 3.64. The number of carboxylic acid groups (broad SMARTS) is 1. The van der Waals surface area contributed by atoms with Crippen LogP contribution < -0.4 is 14.8 Å². The second-order valence-corrected chi connectivity index (χ2v) is 10.9. The molecule has 0 saturated heterocycles. The number of anilines is 1. The lowest BCUT2D eigenvalue weighted by molar-refractivity contribution is -0.139. The number of rotatable bonds is 12. The first-order valence-electron chi connectivity index (χ1n) is 14.9. The summed E-state index contributed by atoms with van der Waals surface area (Å²) in [5.41, 5.74) is 0.809. The molecule has 0 aliphatic carbocycles. The van der Waals surface area contributed by atoms with Crippen molar-refractivity contribution >= 4 is 29.4 Å². The molecule has 5 rings (SSSR count). The molecule has 0 fully saturated rings. The van der Waals surface area contributed by atoms with Gasteiger partial charge in [0.2, 0.25) is 5.91 Å². The number of carboxylic acids is 1. The number of methoxy groups -OCH3 is 1. The number of alkyl halides is 3. The minimum atomic E-state index is -4.70. The Morgan fingerprint density at radius 1 is 0.880 bits per heavy atom. The maximum Gasteiger partial charge on any atom is 0.416 e.